The van der Waals surface area contributed by atoms with Crippen molar-refractivity contribution in [3.8, 4) is 5.75 Å². The van der Waals surface area contributed by atoms with Gasteiger partial charge in [-0.1, -0.05) is 42.5 Å². The SMILES string of the molecule is COc1cccc(Cc2nsc(N3CCC[C@H]3C(=O)N[C@H](C)c3ccccc3)n2)c1. The molecular formula is C23H26N4O2S. The molecule has 3 aromatic rings. The first-order valence-electron chi connectivity index (χ1n) is 10.2. The maximum Gasteiger partial charge on any atom is 0.243 e. The second-order valence-corrected chi connectivity index (χ2v) is 8.24. The summed E-state index contributed by atoms with van der Waals surface area (Å²) in [4.78, 5) is 19.8. The van der Waals surface area contributed by atoms with Gasteiger partial charge in [-0.25, -0.2) is 4.98 Å². The first kappa shape index (κ1) is 20.3. The molecule has 0 spiro atoms. The summed E-state index contributed by atoms with van der Waals surface area (Å²) in [6.45, 7) is 2.84. The van der Waals surface area contributed by atoms with Gasteiger partial charge in [0.1, 0.15) is 17.6 Å². The van der Waals surface area contributed by atoms with Crippen LogP contribution in [-0.4, -0.2) is 35.0 Å². The highest BCUT2D eigenvalue weighted by Crippen LogP contribution is 2.28. The molecule has 4 rings (SSSR count). The first-order valence-corrected chi connectivity index (χ1v) is 11.0. The Morgan fingerprint density at radius 1 is 1.27 bits per heavy atom. The minimum absolute atomic E-state index is 0.0285. The van der Waals surface area contributed by atoms with Gasteiger partial charge in [-0.3, -0.25) is 4.79 Å². The highest BCUT2D eigenvalue weighted by molar-refractivity contribution is 7.09. The third kappa shape index (κ3) is 4.62. The Labute approximate surface area is 181 Å². The van der Waals surface area contributed by atoms with E-state index in [9.17, 15) is 4.79 Å². The van der Waals surface area contributed by atoms with Gasteiger partial charge in [-0.15, -0.1) is 0 Å². The molecule has 0 radical (unpaired) electrons. The smallest absolute Gasteiger partial charge is 0.243 e. The molecule has 2 aromatic carbocycles. The van der Waals surface area contributed by atoms with Crippen LogP contribution in [0, 0.1) is 0 Å². The summed E-state index contributed by atoms with van der Waals surface area (Å²) >= 11 is 1.37. The molecule has 0 unspecified atom stereocenters. The van der Waals surface area contributed by atoms with Crippen molar-refractivity contribution in [1.29, 1.82) is 0 Å². The number of nitrogens with one attached hydrogen (secondary N) is 1. The van der Waals surface area contributed by atoms with Gasteiger partial charge < -0.3 is 15.0 Å². The number of benzene rings is 2. The van der Waals surface area contributed by atoms with Gasteiger partial charge >= 0.3 is 0 Å². The van der Waals surface area contributed by atoms with Crippen LogP contribution in [0.15, 0.2) is 54.6 Å². The largest absolute Gasteiger partial charge is 0.497 e. The number of nitrogens with zero attached hydrogens (tertiary/aromatic N) is 3. The number of hydrogen-bond donors (Lipinski definition) is 1. The number of rotatable bonds is 7. The number of carbonyl (C=O) groups excluding carboxylic acids is 1. The summed E-state index contributed by atoms with van der Waals surface area (Å²) in [5, 5.41) is 3.98. The summed E-state index contributed by atoms with van der Waals surface area (Å²) in [5.41, 5.74) is 2.21. The van der Waals surface area contributed by atoms with Crippen LogP contribution in [0.4, 0.5) is 5.13 Å². The number of methoxy groups -OCH3 is 1. The van der Waals surface area contributed by atoms with E-state index in [1.165, 1.54) is 11.5 Å². The highest BCUT2D eigenvalue weighted by atomic mass is 32.1. The van der Waals surface area contributed by atoms with E-state index in [-0.39, 0.29) is 18.0 Å². The summed E-state index contributed by atoms with van der Waals surface area (Å²) in [6, 6.07) is 17.7. The fourth-order valence-electron chi connectivity index (χ4n) is 3.80. The van der Waals surface area contributed by atoms with E-state index < -0.39 is 0 Å². The Kier molecular flexibility index (Phi) is 6.28. The molecule has 1 fully saturated rings. The molecule has 0 bridgehead atoms. The van der Waals surface area contributed by atoms with E-state index in [1.807, 2.05) is 61.5 Å². The molecule has 0 saturated carbocycles. The van der Waals surface area contributed by atoms with Crippen LogP contribution in [-0.2, 0) is 11.2 Å². The minimum Gasteiger partial charge on any atom is -0.497 e. The van der Waals surface area contributed by atoms with Crippen LogP contribution in [0.25, 0.3) is 0 Å². The Morgan fingerprint density at radius 2 is 2.10 bits per heavy atom. The molecule has 1 aromatic heterocycles. The van der Waals surface area contributed by atoms with Gasteiger partial charge in [0.25, 0.3) is 0 Å². The molecule has 6 nitrogen and oxygen atoms in total. The Hall–Kier alpha value is -2.93. The monoisotopic (exact) mass is 422 g/mol. The molecule has 1 aliphatic heterocycles. The standard InChI is InChI=1S/C23H26N4O2S/c1-16(18-9-4-3-5-10-18)24-22(28)20-12-7-13-27(20)23-25-21(26-30-23)15-17-8-6-11-19(14-17)29-2/h3-6,8-11,14,16,20H,7,12-13,15H2,1-2H3,(H,24,28)/t16-,20+/m1/s1. The molecule has 30 heavy (non-hydrogen) atoms. The topological polar surface area (TPSA) is 67.3 Å². The van der Waals surface area contributed by atoms with Gasteiger partial charge in [-0.05, 0) is 43.0 Å². The normalized spacial score (nSPS) is 17.0. The number of ether oxygens (including phenoxy) is 1. The van der Waals surface area contributed by atoms with E-state index >= 15 is 0 Å². The molecule has 1 saturated heterocycles. The fourth-order valence-corrected chi connectivity index (χ4v) is 4.56. The van der Waals surface area contributed by atoms with Crippen molar-refractivity contribution in [2.75, 3.05) is 18.6 Å². The van der Waals surface area contributed by atoms with E-state index in [2.05, 4.69) is 14.6 Å². The van der Waals surface area contributed by atoms with E-state index in [0.717, 1.165) is 47.2 Å². The van der Waals surface area contributed by atoms with Crippen molar-refractivity contribution in [3.63, 3.8) is 0 Å². The zero-order chi connectivity index (χ0) is 20.9. The third-order valence-corrected chi connectivity index (χ3v) is 6.20. The average molecular weight is 423 g/mol. The van der Waals surface area contributed by atoms with E-state index in [1.54, 1.807) is 7.11 Å². The van der Waals surface area contributed by atoms with Crippen LogP contribution >= 0.6 is 11.5 Å². The Bertz CT molecular complexity index is 992. The van der Waals surface area contributed by atoms with Crippen LogP contribution < -0.4 is 15.0 Å². The van der Waals surface area contributed by atoms with Crippen molar-refractivity contribution in [3.05, 3.63) is 71.5 Å². The van der Waals surface area contributed by atoms with Gasteiger partial charge in [-0.2, -0.15) is 4.37 Å². The minimum atomic E-state index is -0.200. The maximum atomic E-state index is 13.0. The van der Waals surface area contributed by atoms with Crippen molar-refractivity contribution >= 4 is 22.6 Å². The third-order valence-electron chi connectivity index (χ3n) is 5.41. The number of anilines is 1. The Morgan fingerprint density at radius 3 is 2.90 bits per heavy atom. The summed E-state index contributed by atoms with van der Waals surface area (Å²) in [7, 11) is 1.66. The molecule has 2 atom stereocenters. The summed E-state index contributed by atoms with van der Waals surface area (Å²) in [6.07, 6.45) is 2.45. The second kappa shape index (κ2) is 9.26. The molecule has 2 heterocycles. The van der Waals surface area contributed by atoms with Gasteiger partial charge in [0.15, 0.2) is 0 Å². The molecule has 1 N–H and O–H groups in total. The first-order chi connectivity index (χ1) is 14.6. The molecule has 7 heteroatoms. The maximum absolute atomic E-state index is 13.0. The van der Waals surface area contributed by atoms with Crippen LogP contribution in [0.3, 0.4) is 0 Å². The van der Waals surface area contributed by atoms with Crippen molar-refractivity contribution < 1.29 is 9.53 Å². The van der Waals surface area contributed by atoms with Crippen molar-refractivity contribution in [2.24, 2.45) is 0 Å². The lowest BCUT2D eigenvalue weighted by molar-refractivity contribution is -0.122. The lowest BCUT2D eigenvalue weighted by Crippen LogP contribution is -2.44. The fraction of sp³-hybridized carbons (Fsp3) is 0.348. The van der Waals surface area contributed by atoms with Gasteiger partial charge in [0.2, 0.25) is 11.0 Å². The second-order valence-electron chi connectivity index (χ2n) is 7.51. The molecular weight excluding hydrogens is 396 g/mol. The number of hydrogen-bond acceptors (Lipinski definition) is 6. The molecule has 1 amide bonds. The number of carbonyl (C=O) groups is 1. The average Bonchev–Trinajstić information content (AvgIpc) is 3.44. The lowest BCUT2D eigenvalue weighted by atomic mass is 10.1. The molecule has 0 aliphatic carbocycles. The van der Waals surface area contributed by atoms with Crippen molar-refractivity contribution in [1.82, 2.24) is 14.7 Å². The van der Waals surface area contributed by atoms with Crippen LogP contribution in [0.2, 0.25) is 0 Å². The molecule has 156 valence electrons. The number of aromatic nitrogens is 2. The predicted octanol–water partition coefficient (Wildman–Crippen LogP) is 3.98. The summed E-state index contributed by atoms with van der Waals surface area (Å²) < 4.78 is 9.82. The zero-order valence-corrected chi connectivity index (χ0v) is 18.1. The Balaban J connectivity index is 1.42. The van der Waals surface area contributed by atoms with Crippen LogP contribution in [0.5, 0.6) is 5.75 Å². The quantitative estimate of drug-likeness (QED) is 0.624. The van der Waals surface area contributed by atoms with E-state index in [4.69, 9.17) is 9.72 Å². The summed E-state index contributed by atoms with van der Waals surface area (Å²) in [5.74, 6) is 1.65. The predicted molar refractivity (Wildman–Crippen MR) is 119 cm³/mol. The van der Waals surface area contributed by atoms with E-state index in [0.29, 0.717) is 6.42 Å². The molecule has 1 aliphatic rings. The number of amides is 1. The van der Waals surface area contributed by atoms with Crippen LogP contribution in [0.1, 0.15) is 42.8 Å². The highest BCUT2D eigenvalue weighted by Gasteiger charge is 2.33. The zero-order valence-electron chi connectivity index (χ0n) is 17.2. The van der Waals surface area contributed by atoms with Gasteiger partial charge in [0, 0.05) is 24.5 Å². The van der Waals surface area contributed by atoms with Crippen molar-refractivity contribution in [2.45, 2.75) is 38.3 Å². The lowest BCUT2D eigenvalue weighted by Gasteiger charge is -2.24. The van der Waals surface area contributed by atoms with Gasteiger partial charge in [0.05, 0.1) is 13.2 Å².